The zero-order valence-electron chi connectivity index (χ0n) is 29.6. The molecule has 0 spiro atoms. The van der Waals surface area contributed by atoms with E-state index in [4.69, 9.17) is 9.47 Å². The van der Waals surface area contributed by atoms with Crippen LogP contribution in [0.25, 0.3) is 0 Å². The molecule has 1 fully saturated rings. The van der Waals surface area contributed by atoms with Crippen LogP contribution in [0.5, 0.6) is 0 Å². The Balaban J connectivity index is 1.52. The maximum absolute atomic E-state index is 13.9. The lowest BCUT2D eigenvalue weighted by Gasteiger charge is -2.33. The second-order valence-corrected chi connectivity index (χ2v) is 14.3. The Hall–Kier alpha value is -4.71. The maximum Gasteiger partial charge on any atom is 0.408 e. The van der Waals surface area contributed by atoms with Gasteiger partial charge in [-0.15, -0.1) is 0 Å². The van der Waals surface area contributed by atoms with E-state index in [1.54, 1.807) is 31.5 Å². The van der Waals surface area contributed by atoms with Crippen LogP contribution in [0.15, 0.2) is 67.1 Å². The molecule has 0 saturated carbocycles. The summed E-state index contributed by atoms with van der Waals surface area (Å²) < 4.78 is 12.9. The number of piperidine rings is 1. The van der Waals surface area contributed by atoms with Crippen LogP contribution >= 0.6 is 0 Å². The first-order valence-electron chi connectivity index (χ1n) is 16.7. The van der Waals surface area contributed by atoms with Crippen LogP contribution in [0.1, 0.15) is 77.1 Å². The Kier molecular flexibility index (Phi) is 12.2. The summed E-state index contributed by atoms with van der Waals surface area (Å²) in [6.45, 7) is 13.8. The highest BCUT2D eigenvalue weighted by Crippen LogP contribution is 2.26. The Morgan fingerprint density at radius 2 is 1.67 bits per heavy atom. The lowest BCUT2D eigenvalue weighted by atomic mass is 9.97. The minimum atomic E-state index is -1.42. The number of hydrogen-bond acceptors (Lipinski definition) is 7. The molecule has 0 aliphatic carbocycles. The van der Waals surface area contributed by atoms with E-state index < -0.39 is 41.1 Å². The van der Waals surface area contributed by atoms with Crippen LogP contribution < -0.4 is 16.0 Å². The van der Waals surface area contributed by atoms with Crippen molar-refractivity contribution in [1.82, 2.24) is 25.1 Å². The van der Waals surface area contributed by atoms with Gasteiger partial charge in [0.1, 0.15) is 23.2 Å². The highest BCUT2D eigenvalue weighted by Gasteiger charge is 2.35. The van der Waals surface area contributed by atoms with Gasteiger partial charge < -0.3 is 34.9 Å². The molecule has 1 aromatic heterocycles. The Morgan fingerprint density at radius 1 is 0.980 bits per heavy atom. The quantitative estimate of drug-likeness (QED) is 0.246. The van der Waals surface area contributed by atoms with Crippen LogP contribution in [0.3, 0.4) is 0 Å². The van der Waals surface area contributed by atoms with Crippen molar-refractivity contribution in [2.45, 2.75) is 91.1 Å². The number of ether oxygens (including phenoxy) is 2. The predicted octanol–water partition coefficient (Wildman–Crippen LogP) is 4.98. The van der Waals surface area contributed by atoms with Gasteiger partial charge in [-0.25, -0.2) is 9.78 Å². The molecule has 2 atom stereocenters. The number of carbonyl (C=O) groups excluding carboxylic acids is 4. The van der Waals surface area contributed by atoms with E-state index in [1.807, 2.05) is 66.4 Å². The third-order valence-corrected chi connectivity index (χ3v) is 8.24. The van der Waals surface area contributed by atoms with Gasteiger partial charge in [-0.1, -0.05) is 67.1 Å². The first kappa shape index (κ1) is 37.1. The molecule has 12 heteroatoms. The molecule has 4 amide bonds. The summed E-state index contributed by atoms with van der Waals surface area (Å²) in [6.07, 6.45) is 4.27. The van der Waals surface area contributed by atoms with Crippen LogP contribution in [-0.4, -0.2) is 75.1 Å². The summed E-state index contributed by atoms with van der Waals surface area (Å²) in [6, 6.07) is 15.4. The molecule has 1 unspecified atom stereocenters. The number of anilines is 1. The minimum Gasteiger partial charge on any atom is -0.444 e. The van der Waals surface area contributed by atoms with Crippen LogP contribution in [0.2, 0.25) is 0 Å². The molecule has 49 heavy (non-hydrogen) atoms. The van der Waals surface area contributed by atoms with Crippen molar-refractivity contribution >= 4 is 29.6 Å². The Bertz CT molecular complexity index is 1590. The normalized spacial score (nSPS) is 15.2. The number of imidazole rings is 1. The molecule has 3 aromatic rings. The largest absolute Gasteiger partial charge is 0.444 e. The minimum absolute atomic E-state index is 0.0352. The second-order valence-electron chi connectivity index (χ2n) is 14.3. The van der Waals surface area contributed by atoms with Gasteiger partial charge in [0.15, 0.2) is 5.82 Å². The van der Waals surface area contributed by atoms with Crippen molar-refractivity contribution in [3.05, 3.63) is 83.8 Å². The molecule has 1 saturated heterocycles. The third-order valence-electron chi connectivity index (χ3n) is 8.24. The molecule has 1 aliphatic rings. The fourth-order valence-corrected chi connectivity index (χ4v) is 5.45. The maximum atomic E-state index is 13.9. The number of nitrogens with one attached hydrogen (secondary N) is 3. The lowest BCUT2D eigenvalue weighted by molar-refractivity contribution is -0.135. The number of aromatic nitrogens is 2. The van der Waals surface area contributed by atoms with Gasteiger partial charge in [0.25, 0.3) is 5.91 Å². The van der Waals surface area contributed by atoms with Gasteiger partial charge in [0.05, 0.1) is 19.5 Å². The average Bonchev–Trinajstić information content (AvgIpc) is 3.47. The summed E-state index contributed by atoms with van der Waals surface area (Å²) in [5.74, 6) is -0.458. The second kappa shape index (κ2) is 16.1. The van der Waals surface area contributed by atoms with E-state index in [1.165, 1.54) is 20.2 Å². The smallest absolute Gasteiger partial charge is 0.408 e. The van der Waals surface area contributed by atoms with Gasteiger partial charge in [0, 0.05) is 19.3 Å². The number of rotatable bonds is 12. The van der Waals surface area contributed by atoms with Crippen LogP contribution in [0, 0.1) is 12.8 Å². The SMILES string of the molecule is Cc1cccc(C(C(=O)N2CCC(C)CC2)n2cnc(NC(=O)[C@@H](COCc3ccccc3)NC(=O)C(C)(C)NC(=O)OC(C)(C)C)c2)c1. The third kappa shape index (κ3) is 10.9. The van der Waals surface area contributed by atoms with Crippen molar-refractivity contribution < 1.29 is 28.7 Å². The Morgan fingerprint density at radius 3 is 2.33 bits per heavy atom. The number of nitrogens with zero attached hydrogens (tertiary/aromatic N) is 3. The van der Waals surface area contributed by atoms with Gasteiger partial charge in [-0.3, -0.25) is 14.4 Å². The van der Waals surface area contributed by atoms with Gasteiger partial charge in [-0.05, 0) is 71.4 Å². The van der Waals surface area contributed by atoms with E-state index in [0.717, 1.165) is 29.5 Å². The number of amides is 4. The van der Waals surface area contributed by atoms with Crippen LogP contribution in [0.4, 0.5) is 10.6 Å². The fourth-order valence-electron chi connectivity index (χ4n) is 5.45. The fraction of sp³-hybridized carbons (Fsp3) is 0.486. The van der Waals surface area contributed by atoms with Gasteiger partial charge in [-0.2, -0.15) is 0 Å². The summed E-state index contributed by atoms with van der Waals surface area (Å²) in [4.78, 5) is 59.8. The predicted molar refractivity (Wildman–Crippen MR) is 187 cm³/mol. The number of benzene rings is 2. The van der Waals surface area contributed by atoms with Crippen molar-refractivity contribution in [1.29, 1.82) is 0 Å². The highest BCUT2D eigenvalue weighted by atomic mass is 16.6. The van der Waals surface area contributed by atoms with Crippen LogP contribution in [-0.2, 0) is 30.5 Å². The topological polar surface area (TPSA) is 144 Å². The number of carbonyl (C=O) groups is 4. The zero-order chi connectivity index (χ0) is 35.8. The molecule has 264 valence electrons. The molecular weight excluding hydrogens is 624 g/mol. The van der Waals surface area contributed by atoms with E-state index in [-0.39, 0.29) is 24.9 Å². The summed E-state index contributed by atoms with van der Waals surface area (Å²) >= 11 is 0. The van der Waals surface area contributed by atoms with Crippen molar-refractivity contribution in [3.63, 3.8) is 0 Å². The summed E-state index contributed by atoms with van der Waals surface area (Å²) in [5, 5.41) is 8.06. The summed E-state index contributed by atoms with van der Waals surface area (Å²) in [5.41, 5.74) is 0.555. The average molecular weight is 675 g/mol. The zero-order valence-corrected chi connectivity index (χ0v) is 29.6. The van der Waals surface area contributed by atoms with Gasteiger partial charge >= 0.3 is 6.09 Å². The number of likely N-dealkylation sites (tertiary alicyclic amines) is 1. The van der Waals surface area contributed by atoms with Crippen molar-refractivity contribution in [2.24, 2.45) is 5.92 Å². The van der Waals surface area contributed by atoms with E-state index in [9.17, 15) is 19.2 Å². The first-order valence-corrected chi connectivity index (χ1v) is 16.7. The van der Waals surface area contributed by atoms with Crippen molar-refractivity contribution in [2.75, 3.05) is 25.0 Å². The number of alkyl carbamates (subject to hydrolysis) is 1. The first-order chi connectivity index (χ1) is 23.1. The molecule has 2 aromatic carbocycles. The molecule has 2 heterocycles. The monoisotopic (exact) mass is 674 g/mol. The molecule has 4 rings (SSSR count). The number of aryl methyl sites for hydroxylation is 1. The molecular formula is C37H50N6O6. The molecule has 0 radical (unpaired) electrons. The van der Waals surface area contributed by atoms with E-state index in [2.05, 4.69) is 27.9 Å². The number of hydrogen-bond donors (Lipinski definition) is 3. The lowest BCUT2D eigenvalue weighted by Crippen LogP contribution is -2.59. The van der Waals surface area contributed by atoms with E-state index in [0.29, 0.717) is 19.0 Å². The molecule has 1 aliphatic heterocycles. The highest BCUT2D eigenvalue weighted by molar-refractivity contribution is 5.98. The molecule has 12 nitrogen and oxygen atoms in total. The molecule has 0 bridgehead atoms. The van der Waals surface area contributed by atoms with E-state index >= 15 is 0 Å². The van der Waals surface area contributed by atoms with Gasteiger partial charge in [0.2, 0.25) is 11.8 Å². The van der Waals surface area contributed by atoms with Crippen molar-refractivity contribution in [3.8, 4) is 0 Å². The Labute approximate surface area is 288 Å². The molecule has 3 N–H and O–H groups in total. The standard InChI is InChI=1S/C37H50N6O6/c1-25-16-18-42(19-17-25)33(45)31(28-15-11-12-26(2)20-28)43-21-30(38-24-43)40-32(44)29(23-48-22-27-13-9-8-10-14-27)39-34(46)37(6,7)41-35(47)49-36(3,4)5/h8-15,20-21,24-25,29,31H,16-19,22-23H2,1-7H3,(H,39,46)(H,40,44)(H,41,47)/t29-,31?/m1/s1. The summed E-state index contributed by atoms with van der Waals surface area (Å²) in [7, 11) is 0.